The number of hydrogen-bond donors (Lipinski definition) is 1. The van der Waals surface area contributed by atoms with Gasteiger partial charge in [-0.15, -0.1) is 0 Å². The maximum atomic E-state index is 12.7. The van der Waals surface area contributed by atoms with Crippen LogP contribution in [0.1, 0.15) is 20.3 Å². The third-order valence-corrected chi connectivity index (χ3v) is 13.5. The Bertz CT molecular complexity index is 1010. The average Bonchev–Trinajstić information content (AvgIpc) is 2.89. The number of carbonyl (C=O) groups excluding carboxylic acids is 2. The van der Waals surface area contributed by atoms with Gasteiger partial charge in [0.05, 0.1) is 0 Å². The fraction of sp³-hybridized carbons (Fsp3) is 0.286. The molecule has 0 aliphatic rings. The number of benzene rings is 3. The number of esters is 1. The molecule has 0 saturated heterocycles. The van der Waals surface area contributed by atoms with Gasteiger partial charge in [-0.1, -0.05) is 0 Å². The molecule has 7 heteroatoms. The number of halogens is 1. The molecule has 35 heavy (non-hydrogen) atoms. The Morgan fingerprint density at radius 3 is 1.63 bits per heavy atom. The number of hydrogen-bond acceptors (Lipinski definition) is 4. The number of carbonyl (C=O) groups is 2. The van der Waals surface area contributed by atoms with Crippen LogP contribution in [0.2, 0.25) is 0 Å². The Morgan fingerprint density at radius 1 is 0.829 bits per heavy atom. The second-order valence-corrected chi connectivity index (χ2v) is 15.5. The van der Waals surface area contributed by atoms with Crippen LogP contribution in [0, 0.1) is 5.92 Å². The molecular formula is C28H33ClNO4P. The molecule has 1 atom stereocenters. The summed E-state index contributed by atoms with van der Waals surface area (Å²) in [5, 5.41) is 5.64. The molecule has 186 valence electrons. The van der Waals surface area contributed by atoms with Gasteiger partial charge in [-0.05, 0) is 0 Å². The topological polar surface area (TPSA) is 64.6 Å². The van der Waals surface area contributed by atoms with E-state index < -0.39 is 24.1 Å². The van der Waals surface area contributed by atoms with E-state index in [0.717, 1.165) is 15.9 Å². The van der Waals surface area contributed by atoms with Gasteiger partial charge in [0, 0.05) is 0 Å². The summed E-state index contributed by atoms with van der Waals surface area (Å²) in [4.78, 5) is 24.8. The number of alkyl carbamates (subject to hydrolysis) is 1. The van der Waals surface area contributed by atoms with E-state index >= 15 is 0 Å². The molecule has 1 N–H and O–H groups in total. The number of nitrogens with one attached hydrogen (secondary N) is 1. The van der Waals surface area contributed by atoms with Crippen LogP contribution >= 0.6 is 17.2 Å². The second-order valence-electron chi connectivity index (χ2n) is 8.90. The van der Waals surface area contributed by atoms with Crippen molar-refractivity contribution in [3.63, 3.8) is 0 Å². The van der Waals surface area contributed by atoms with E-state index in [4.69, 9.17) is 20.7 Å². The van der Waals surface area contributed by atoms with Crippen molar-refractivity contribution in [2.75, 3.05) is 19.9 Å². The van der Waals surface area contributed by atoms with Gasteiger partial charge in [-0.2, -0.15) is 0 Å². The van der Waals surface area contributed by atoms with Gasteiger partial charge in [0.2, 0.25) is 0 Å². The Morgan fingerprint density at radius 2 is 1.26 bits per heavy atom. The molecule has 0 aromatic heterocycles. The van der Waals surface area contributed by atoms with Gasteiger partial charge in [0.25, 0.3) is 0 Å². The molecule has 0 radical (unpaired) electrons. The van der Waals surface area contributed by atoms with Crippen molar-refractivity contribution in [2.24, 2.45) is 5.92 Å². The van der Waals surface area contributed by atoms with Crippen molar-refractivity contribution in [1.82, 2.24) is 5.32 Å². The van der Waals surface area contributed by atoms with Crippen molar-refractivity contribution >= 4 is 45.2 Å². The SMILES string of the molecule is COC(=O)C(CC(C)C)NC(=O)OCCP(Cl)(c1ccccc1)(c1ccccc1)c1ccccc1. The first kappa shape index (κ1) is 26.7. The van der Waals surface area contributed by atoms with Crippen LogP contribution in [-0.4, -0.2) is 38.0 Å². The Kier molecular flexibility index (Phi) is 8.93. The quantitative estimate of drug-likeness (QED) is 0.306. The summed E-state index contributed by atoms with van der Waals surface area (Å²) < 4.78 is 10.5. The predicted molar refractivity (Wildman–Crippen MR) is 146 cm³/mol. The number of ether oxygens (including phenoxy) is 2. The minimum atomic E-state index is -3.53. The zero-order valence-corrected chi connectivity index (χ0v) is 22.0. The van der Waals surface area contributed by atoms with Crippen LogP contribution in [0.15, 0.2) is 91.0 Å². The maximum absolute atomic E-state index is 12.7. The van der Waals surface area contributed by atoms with E-state index in [1.54, 1.807) is 0 Å². The summed E-state index contributed by atoms with van der Waals surface area (Å²) in [5.41, 5.74) is 0. The van der Waals surface area contributed by atoms with Gasteiger partial charge in [-0.3, -0.25) is 0 Å². The van der Waals surface area contributed by atoms with E-state index in [0.29, 0.717) is 12.6 Å². The minimum absolute atomic E-state index is 0.0708. The summed E-state index contributed by atoms with van der Waals surface area (Å²) in [7, 11) is 1.30. The molecule has 0 aliphatic heterocycles. The first-order chi connectivity index (χ1) is 16.8. The first-order valence-corrected chi connectivity index (χ1v) is 15.0. The Hall–Kier alpha value is -2.88. The molecule has 3 aromatic carbocycles. The number of methoxy groups -OCH3 is 1. The molecular weight excluding hydrogens is 481 g/mol. The molecule has 0 bridgehead atoms. The van der Waals surface area contributed by atoms with E-state index in [1.807, 2.05) is 105 Å². The standard InChI is InChI=1S/C28H33ClNO4P/c1-22(2)21-26(27(31)33-3)30-28(32)34-19-20-35(29,23-13-7-4-8-14-23,24-15-9-5-10-16-24)25-17-11-6-12-18-25/h4-18,22,26H,19-21H2,1-3H3,(H,30,32). The summed E-state index contributed by atoms with van der Waals surface area (Å²) in [6, 6.07) is 29.2. The van der Waals surface area contributed by atoms with E-state index in [9.17, 15) is 9.59 Å². The van der Waals surface area contributed by atoms with Gasteiger partial charge in [-0.25, -0.2) is 0 Å². The van der Waals surface area contributed by atoms with E-state index in [1.165, 1.54) is 7.11 Å². The van der Waals surface area contributed by atoms with E-state index in [2.05, 4.69) is 5.32 Å². The third kappa shape index (κ3) is 5.86. The van der Waals surface area contributed by atoms with Crippen LogP contribution in [-0.2, 0) is 14.3 Å². The van der Waals surface area contributed by atoms with Gasteiger partial charge in [0.15, 0.2) is 0 Å². The molecule has 1 unspecified atom stereocenters. The molecule has 0 fully saturated rings. The summed E-state index contributed by atoms with van der Waals surface area (Å²) in [5.74, 6) is -3.83. The van der Waals surface area contributed by atoms with Crippen LogP contribution in [0.5, 0.6) is 0 Å². The van der Waals surface area contributed by atoms with Crippen LogP contribution < -0.4 is 21.2 Å². The molecule has 3 aromatic rings. The molecule has 5 nitrogen and oxygen atoms in total. The van der Waals surface area contributed by atoms with Crippen molar-refractivity contribution in [1.29, 1.82) is 0 Å². The van der Waals surface area contributed by atoms with Crippen molar-refractivity contribution in [3.8, 4) is 0 Å². The van der Waals surface area contributed by atoms with E-state index in [-0.39, 0.29) is 12.5 Å². The average molecular weight is 514 g/mol. The molecule has 0 aliphatic carbocycles. The van der Waals surface area contributed by atoms with Gasteiger partial charge in [0.1, 0.15) is 0 Å². The number of rotatable bonds is 10. The molecule has 0 saturated carbocycles. The van der Waals surface area contributed by atoms with Crippen molar-refractivity contribution in [2.45, 2.75) is 26.3 Å². The molecule has 1 amide bonds. The summed E-state index contributed by atoms with van der Waals surface area (Å²) in [6.45, 7) is 4.01. The Labute approximate surface area is 212 Å². The summed E-state index contributed by atoms with van der Waals surface area (Å²) in [6.07, 6.45) is 0.178. The zero-order valence-electron chi connectivity index (χ0n) is 20.4. The number of amides is 1. The third-order valence-electron chi connectivity index (χ3n) is 6.11. The molecule has 3 rings (SSSR count). The summed E-state index contributed by atoms with van der Waals surface area (Å²) >= 11 is 7.95. The van der Waals surface area contributed by atoms with Gasteiger partial charge < -0.3 is 0 Å². The molecule has 0 spiro atoms. The fourth-order valence-corrected chi connectivity index (χ4v) is 10.1. The van der Waals surface area contributed by atoms with Crippen molar-refractivity contribution < 1.29 is 19.1 Å². The fourth-order valence-electron chi connectivity index (χ4n) is 4.37. The van der Waals surface area contributed by atoms with Crippen LogP contribution in [0.4, 0.5) is 4.79 Å². The van der Waals surface area contributed by atoms with Crippen LogP contribution in [0.25, 0.3) is 0 Å². The molecule has 0 heterocycles. The first-order valence-electron chi connectivity index (χ1n) is 11.7. The monoisotopic (exact) mass is 513 g/mol. The van der Waals surface area contributed by atoms with Crippen LogP contribution in [0.3, 0.4) is 0 Å². The van der Waals surface area contributed by atoms with Gasteiger partial charge >= 0.3 is 213 Å². The Balaban J connectivity index is 1.95. The predicted octanol–water partition coefficient (Wildman–Crippen LogP) is 4.98. The normalized spacial score (nSPS) is 13.3. The second kappa shape index (κ2) is 11.7. The zero-order chi connectivity index (χ0) is 25.3. The van der Waals surface area contributed by atoms with Crippen molar-refractivity contribution in [3.05, 3.63) is 91.0 Å².